The van der Waals surface area contributed by atoms with Gasteiger partial charge in [-0.1, -0.05) is 6.08 Å². The normalized spacial score (nSPS) is 9.57. The molecule has 0 unspecified atom stereocenters. The first-order valence-electron chi connectivity index (χ1n) is 4.06. The SMILES string of the molecule is C=CCCNc1nc(Cl)nc(OC)n1. The lowest BCUT2D eigenvalue weighted by Crippen LogP contribution is -2.06. The molecule has 0 amide bonds. The smallest absolute Gasteiger partial charge is 0.322 e. The van der Waals surface area contributed by atoms with Gasteiger partial charge in [0.15, 0.2) is 0 Å². The van der Waals surface area contributed by atoms with Crippen molar-refractivity contribution >= 4 is 17.5 Å². The Hall–Kier alpha value is -1.36. The Labute approximate surface area is 87.2 Å². The van der Waals surface area contributed by atoms with Gasteiger partial charge in [0.25, 0.3) is 0 Å². The molecule has 0 saturated heterocycles. The zero-order valence-electron chi connectivity index (χ0n) is 7.83. The van der Waals surface area contributed by atoms with Crippen molar-refractivity contribution in [3.05, 3.63) is 17.9 Å². The van der Waals surface area contributed by atoms with E-state index in [9.17, 15) is 0 Å². The van der Waals surface area contributed by atoms with Crippen LogP contribution in [0.2, 0.25) is 5.28 Å². The van der Waals surface area contributed by atoms with Gasteiger partial charge >= 0.3 is 6.01 Å². The number of rotatable bonds is 5. The van der Waals surface area contributed by atoms with Crippen LogP contribution in [0.4, 0.5) is 5.95 Å². The van der Waals surface area contributed by atoms with E-state index in [2.05, 4.69) is 26.8 Å². The van der Waals surface area contributed by atoms with Crippen molar-refractivity contribution in [2.24, 2.45) is 0 Å². The predicted molar refractivity (Wildman–Crippen MR) is 54.7 cm³/mol. The van der Waals surface area contributed by atoms with Crippen LogP contribution in [0.25, 0.3) is 0 Å². The molecule has 1 heterocycles. The summed E-state index contributed by atoms with van der Waals surface area (Å²) in [4.78, 5) is 11.6. The van der Waals surface area contributed by atoms with E-state index in [1.807, 2.05) is 0 Å². The van der Waals surface area contributed by atoms with E-state index in [1.54, 1.807) is 6.08 Å². The molecule has 14 heavy (non-hydrogen) atoms. The number of aromatic nitrogens is 3. The van der Waals surface area contributed by atoms with Crippen LogP contribution in [0, 0.1) is 0 Å². The number of methoxy groups -OCH3 is 1. The molecule has 0 aliphatic rings. The molecule has 76 valence electrons. The summed E-state index contributed by atoms with van der Waals surface area (Å²) in [5.74, 6) is 0.406. The lowest BCUT2D eigenvalue weighted by atomic mass is 10.4. The maximum absolute atomic E-state index is 5.64. The molecule has 1 N–H and O–H groups in total. The molecule has 0 fully saturated rings. The molecule has 1 rings (SSSR count). The lowest BCUT2D eigenvalue weighted by Gasteiger charge is -2.03. The number of nitrogens with zero attached hydrogens (tertiary/aromatic N) is 3. The minimum Gasteiger partial charge on any atom is -0.467 e. The molecule has 0 saturated carbocycles. The van der Waals surface area contributed by atoms with Gasteiger partial charge < -0.3 is 10.1 Å². The minimum absolute atomic E-state index is 0.109. The van der Waals surface area contributed by atoms with Crippen LogP contribution >= 0.6 is 11.6 Å². The van der Waals surface area contributed by atoms with E-state index in [1.165, 1.54) is 7.11 Å². The quantitative estimate of drug-likeness (QED) is 0.595. The van der Waals surface area contributed by atoms with E-state index in [0.717, 1.165) is 6.42 Å². The zero-order chi connectivity index (χ0) is 10.4. The second kappa shape index (κ2) is 5.39. The second-order valence-corrected chi connectivity index (χ2v) is 2.76. The summed E-state index contributed by atoms with van der Waals surface area (Å²) < 4.78 is 4.84. The van der Waals surface area contributed by atoms with Crippen molar-refractivity contribution < 1.29 is 4.74 Å². The first-order chi connectivity index (χ1) is 6.76. The van der Waals surface area contributed by atoms with Crippen LogP contribution in [0.3, 0.4) is 0 Å². The zero-order valence-corrected chi connectivity index (χ0v) is 8.58. The highest BCUT2D eigenvalue weighted by molar-refractivity contribution is 6.28. The summed E-state index contributed by atoms with van der Waals surface area (Å²) >= 11 is 5.64. The Balaban J connectivity index is 2.66. The molecule has 5 nitrogen and oxygen atoms in total. The average Bonchev–Trinajstić information content (AvgIpc) is 2.17. The van der Waals surface area contributed by atoms with E-state index in [4.69, 9.17) is 16.3 Å². The number of ether oxygens (including phenoxy) is 1. The largest absolute Gasteiger partial charge is 0.467 e. The van der Waals surface area contributed by atoms with Crippen LogP contribution in [0.1, 0.15) is 6.42 Å². The van der Waals surface area contributed by atoms with Gasteiger partial charge in [0.2, 0.25) is 11.2 Å². The molecular formula is C8H11ClN4O. The molecule has 0 aliphatic heterocycles. The Morgan fingerprint density at radius 1 is 1.50 bits per heavy atom. The summed E-state index contributed by atoms with van der Waals surface area (Å²) in [5.41, 5.74) is 0. The van der Waals surface area contributed by atoms with Crippen molar-refractivity contribution in [1.29, 1.82) is 0 Å². The summed E-state index contributed by atoms with van der Waals surface area (Å²) in [6.45, 7) is 4.30. The summed E-state index contributed by atoms with van der Waals surface area (Å²) in [6, 6.07) is 0.200. The molecule has 0 spiro atoms. The molecule has 0 bridgehead atoms. The summed E-state index contributed by atoms with van der Waals surface area (Å²) in [7, 11) is 1.47. The maximum Gasteiger partial charge on any atom is 0.322 e. The van der Waals surface area contributed by atoms with Crippen LogP contribution in [0.5, 0.6) is 6.01 Å². The van der Waals surface area contributed by atoms with Crippen LogP contribution in [-0.4, -0.2) is 28.6 Å². The van der Waals surface area contributed by atoms with Gasteiger partial charge in [0.05, 0.1) is 7.11 Å². The first-order valence-corrected chi connectivity index (χ1v) is 4.44. The number of hydrogen-bond acceptors (Lipinski definition) is 5. The Kier molecular flexibility index (Phi) is 4.12. The third-order valence-electron chi connectivity index (χ3n) is 1.40. The van der Waals surface area contributed by atoms with Crippen molar-refractivity contribution in [3.63, 3.8) is 0 Å². The third kappa shape index (κ3) is 3.18. The number of halogens is 1. The van der Waals surface area contributed by atoms with Gasteiger partial charge in [-0.25, -0.2) is 0 Å². The van der Waals surface area contributed by atoms with Crippen molar-refractivity contribution in [1.82, 2.24) is 15.0 Å². The molecule has 0 radical (unpaired) electrons. The van der Waals surface area contributed by atoms with E-state index < -0.39 is 0 Å². The standard InChI is InChI=1S/C8H11ClN4O/c1-3-4-5-10-7-11-6(9)12-8(13-7)14-2/h3H,1,4-5H2,2H3,(H,10,11,12,13). The van der Waals surface area contributed by atoms with Crippen LogP contribution in [0.15, 0.2) is 12.7 Å². The topological polar surface area (TPSA) is 59.9 Å². The molecule has 1 aromatic heterocycles. The monoisotopic (exact) mass is 214 g/mol. The molecule has 0 aliphatic carbocycles. The maximum atomic E-state index is 5.64. The highest BCUT2D eigenvalue weighted by Crippen LogP contribution is 2.10. The number of anilines is 1. The number of nitrogens with one attached hydrogen (secondary N) is 1. The van der Waals surface area contributed by atoms with Gasteiger partial charge in [-0.3, -0.25) is 0 Å². The Morgan fingerprint density at radius 2 is 2.29 bits per heavy atom. The highest BCUT2D eigenvalue weighted by Gasteiger charge is 2.03. The summed E-state index contributed by atoms with van der Waals surface area (Å²) in [6.07, 6.45) is 2.62. The highest BCUT2D eigenvalue weighted by atomic mass is 35.5. The van der Waals surface area contributed by atoms with Crippen LogP contribution < -0.4 is 10.1 Å². The fourth-order valence-corrected chi connectivity index (χ4v) is 0.941. The van der Waals surface area contributed by atoms with E-state index in [-0.39, 0.29) is 11.3 Å². The van der Waals surface area contributed by atoms with Gasteiger partial charge in [0, 0.05) is 6.54 Å². The average molecular weight is 215 g/mol. The van der Waals surface area contributed by atoms with E-state index in [0.29, 0.717) is 12.5 Å². The predicted octanol–water partition coefficient (Wildman–Crippen LogP) is 1.52. The fraction of sp³-hybridized carbons (Fsp3) is 0.375. The minimum atomic E-state index is 0.109. The van der Waals surface area contributed by atoms with Gasteiger partial charge in [0.1, 0.15) is 0 Å². The van der Waals surface area contributed by atoms with E-state index >= 15 is 0 Å². The number of hydrogen-bond donors (Lipinski definition) is 1. The Bertz CT molecular complexity index is 318. The Morgan fingerprint density at radius 3 is 2.93 bits per heavy atom. The van der Waals surface area contributed by atoms with Gasteiger partial charge in [-0.2, -0.15) is 15.0 Å². The first kappa shape index (κ1) is 10.7. The molecule has 1 aromatic rings. The van der Waals surface area contributed by atoms with Gasteiger partial charge in [-0.15, -0.1) is 6.58 Å². The van der Waals surface area contributed by atoms with Crippen molar-refractivity contribution in [2.75, 3.05) is 19.0 Å². The lowest BCUT2D eigenvalue weighted by molar-refractivity contribution is 0.379. The molecule has 0 atom stereocenters. The van der Waals surface area contributed by atoms with Crippen molar-refractivity contribution in [3.8, 4) is 6.01 Å². The molecule has 6 heteroatoms. The molecular weight excluding hydrogens is 204 g/mol. The van der Waals surface area contributed by atoms with Gasteiger partial charge in [-0.05, 0) is 18.0 Å². The fourth-order valence-electron chi connectivity index (χ4n) is 0.788. The molecule has 0 aromatic carbocycles. The summed E-state index contributed by atoms with van der Waals surface area (Å²) in [5, 5.41) is 3.07. The second-order valence-electron chi connectivity index (χ2n) is 2.42. The van der Waals surface area contributed by atoms with Crippen molar-refractivity contribution in [2.45, 2.75) is 6.42 Å². The van der Waals surface area contributed by atoms with Crippen LogP contribution in [-0.2, 0) is 0 Å². The third-order valence-corrected chi connectivity index (χ3v) is 1.57.